The maximum Gasteiger partial charge on any atom is 0.191 e. The van der Waals surface area contributed by atoms with Crippen molar-refractivity contribution in [2.75, 3.05) is 26.7 Å². The number of aliphatic imine (C=N–C) groups is 1. The lowest BCUT2D eigenvalue weighted by molar-refractivity contribution is 0.345. The van der Waals surface area contributed by atoms with Crippen LogP contribution in [0.2, 0.25) is 0 Å². The normalized spacial score (nSPS) is 11.5. The first-order valence-corrected chi connectivity index (χ1v) is 8.83. The number of guanidine groups is 1. The minimum Gasteiger partial charge on any atom is -0.357 e. The van der Waals surface area contributed by atoms with Gasteiger partial charge in [-0.3, -0.25) is 0 Å². The first kappa shape index (κ1) is 23.2. The molecule has 0 amide bonds. The van der Waals surface area contributed by atoms with Gasteiger partial charge in [0.25, 0.3) is 0 Å². The SMILES string of the molecule is CCNC(=NCc1cccc(CN(C)CC)c1)NCCC(C)C.I. The molecular weight excluding hydrogens is 411 g/mol. The Hall–Kier alpha value is -0.820. The molecule has 0 aliphatic rings. The highest BCUT2D eigenvalue weighted by Gasteiger charge is 2.01. The lowest BCUT2D eigenvalue weighted by atomic mass is 10.1. The van der Waals surface area contributed by atoms with Crippen molar-refractivity contribution >= 4 is 29.9 Å². The third-order valence-electron chi connectivity index (χ3n) is 3.76. The van der Waals surface area contributed by atoms with Crippen LogP contribution in [0.3, 0.4) is 0 Å². The molecule has 24 heavy (non-hydrogen) atoms. The van der Waals surface area contributed by atoms with Gasteiger partial charge >= 0.3 is 0 Å². The number of halogens is 1. The monoisotopic (exact) mass is 446 g/mol. The van der Waals surface area contributed by atoms with Crippen molar-refractivity contribution in [1.82, 2.24) is 15.5 Å². The van der Waals surface area contributed by atoms with Crippen LogP contribution < -0.4 is 10.6 Å². The maximum atomic E-state index is 4.70. The summed E-state index contributed by atoms with van der Waals surface area (Å²) < 4.78 is 0. The molecule has 1 aromatic rings. The minimum atomic E-state index is 0. The zero-order chi connectivity index (χ0) is 17.1. The van der Waals surface area contributed by atoms with Crippen molar-refractivity contribution in [3.8, 4) is 0 Å². The van der Waals surface area contributed by atoms with Gasteiger partial charge < -0.3 is 15.5 Å². The van der Waals surface area contributed by atoms with Gasteiger partial charge in [-0.2, -0.15) is 0 Å². The van der Waals surface area contributed by atoms with E-state index >= 15 is 0 Å². The van der Waals surface area contributed by atoms with Crippen LogP contribution in [0.5, 0.6) is 0 Å². The van der Waals surface area contributed by atoms with Crippen LogP contribution in [0.25, 0.3) is 0 Å². The van der Waals surface area contributed by atoms with E-state index in [0.29, 0.717) is 12.5 Å². The molecule has 1 rings (SSSR count). The molecule has 0 saturated heterocycles. The quantitative estimate of drug-likeness (QED) is 0.344. The van der Waals surface area contributed by atoms with Gasteiger partial charge in [0.2, 0.25) is 0 Å². The van der Waals surface area contributed by atoms with Crippen LogP contribution in [-0.4, -0.2) is 37.5 Å². The number of hydrogen-bond donors (Lipinski definition) is 2. The zero-order valence-corrected chi connectivity index (χ0v) is 18.3. The Morgan fingerprint density at radius 3 is 2.50 bits per heavy atom. The van der Waals surface area contributed by atoms with E-state index in [0.717, 1.165) is 38.6 Å². The highest BCUT2D eigenvalue weighted by molar-refractivity contribution is 14.0. The summed E-state index contributed by atoms with van der Waals surface area (Å²) in [5, 5.41) is 6.72. The largest absolute Gasteiger partial charge is 0.357 e. The predicted molar refractivity (Wildman–Crippen MR) is 116 cm³/mol. The van der Waals surface area contributed by atoms with Crippen LogP contribution in [0.4, 0.5) is 0 Å². The molecule has 0 fully saturated rings. The Bertz CT molecular complexity index is 474. The molecule has 0 heterocycles. The van der Waals surface area contributed by atoms with E-state index in [1.165, 1.54) is 11.1 Å². The predicted octanol–water partition coefficient (Wildman–Crippen LogP) is 3.86. The van der Waals surface area contributed by atoms with E-state index in [4.69, 9.17) is 4.99 Å². The molecule has 0 radical (unpaired) electrons. The second-order valence-electron chi connectivity index (χ2n) is 6.45. The molecule has 0 unspecified atom stereocenters. The summed E-state index contributed by atoms with van der Waals surface area (Å²) in [7, 11) is 2.15. The van der Waals surface area contributed by atoms with Gasteiger partial charge in [0.1, 0.15) is 0 Å². The standard InChI is InChI=1S/C19H34N4.HI/c1-6-20-19(21-12-11-16(3)4)22-14-17-9-8-10-18(13-17)15-23(5)7-2;/h8-10,13,16H,6-7,11-12,14-15H2,1-5H3,(H2,20,21,22);1H. The lowest BCUT2D eigenvalue weighted by Crippen LogP contribution is -2.38. The van der Waals surface area contributed by atoms with Crippen molar-refractivity contribution in [1.29, 1.82) is 0 Å². The van der Waals surface area contributed by atoms with Gasteiger partial charge in [-0.15, -0.1) is 24.0 Å². The molecule has 4 nitrogen and oxygen atoms in total. The average Bonchev–Trinajstić information content (AvgIpc) is 2.52. The number of rotatable bonds is 9. The Kier molecular flexibility index (Phi) is 13.0. The van der Waals surface area contributed by atoms with Gasteiger partial charge in [0, 0.05) is 19.6 Å². The Morgan fingerprint density at radius 1 is 1.17 bits per heavy atom. The van der Waals surface area contributed by atoms with Crippen molar-refractivity contribution in [3.63, 3.8) is 0 Å². The molecule has 0 aliphatic carbocycles. The first-order chi connectivity index (χ1) is 11.0. The number of nitrogens with zero attached hydrogens (tertiary/aromatic N) is 2. The molecule has 0 aliphatic heterocycles. The fraction of sp³-hybridized carbons (Fsp3) is 0.632. The summed E-state index contributed by atoms with van der Waals surface area (Å²) in [6.45, 7) is 13.4. The van der Waals surface area contributed by atoms with Crippen molar-refractivity contribution in [3.05, 3.63) is 35.4 Å². The second kappa shape index (κ2) is 13.5. The van der Waals surface area contributed by atoms with Gasteiger partial charge in [-0.1, -0.05) is 45.0 Å². The third-order valence-corrected chi connectivity index (χ3v) is 3.76. The van der Waals surface area contributed by atoms with Crippen LogP contribution in [0.15, 0.2) is 29.3 Å². The average molecular weight is 446 g/mol. The Balaban J connectivity index is 0.00000529. The lowest BCUT2D eigenvalue weighted by Gasteiger charge is -2.14. The van der Waals surface area contributed by atoms with Crippen LogP contribution in [-0.2, 0) is 13.1 Å². The molecule has 0 atom stereocenters. The van der Waals surface area contributed by atoms with E-state index in [-0.39, 0.29) is 24.0 Å². The van der Waals surface area contributed by atoms with E-state index in [1.54, 1.807) is 0 Å². The van der Waals surface area contributed by atoms with Gasteiger partial charge in [0.15, 0.2) is 5.96 Å². The van der Waals surface area contributed by atoms with Crippen molar-refractivity contribution < 1.29 is 0 Å². The summed E-state index contributed by atoms with van der Waals surface area (Å²) in [6, 6.07) is 8.72. The zero-order valence-electron chi connectivity index (χ0n) is 15.9. The number of nitrogens with one attached hydrogen (secondary N) is 2. The molecular formula is C19H35IN4. The van der Waals surface area contributed by atoms with E-state index in [9.17, 15) is 0 Å². The first-order valence-electron chi connectivity index (χ1n) is 8.83. The summed E-state index contributed by atoms with van der Waals surface area (Å²) in [6.07, 6.45) is 1.16. The van der Waals surface area contributed by atoms with Crippen LogP contribution >= 0.6 is 24.0 Å². The van der Waals surface area contributed by atoms with Crippen molar-refractivity contribution in [2.24, 2.45) is 10.9 Å². The van der Waals surface area contributed by atoms with Gasteiger partial charge in [0.05, 0.1) is 6.54 Å². The third kappa shape index (κ3) is 10.1. The van der Waals surface area contributed by atoms with Crippen LogP contribution in [0.1, 0.15) is 45.2 Å². The molecule has 5 heteroatoms. The minimum absolute atomic E-state index is 0. The van der Waals surface area contributed by atoms with E-state index < -0.39 is 0 Å². The molecule has 0 spiro atoms. The smallest absolute Gasteiger partial charge is 0.191 e. The van der Waals surface area contributed by atoms with Crippen LogP contribution in [0, 0.1) is 5.92 Å². The fourth-order valence-electron chi connectivity index (χ4n) is 2.24. The van der Waals surface area contributed by atoms with E-state index in [1.807, 2.05) is 0 Å². The molecule has 2 N–H and O–H groups in total. The summed E-state index contributed by atoms with van der Waals surface area (Å²) in [4.78, 5) is 7.01. The number of benzene rings is 1. The molecule has 0 aromatic heterocycles. The van der Waals surface area contributed by atoms with Gasteiger partial charge in [-0.05, 0) is 44.0 Å². The Labute approximate surface area is 165 Å². The maximum absolute atomic E-state index is 4.70. The topological polar surface area (TPSA) is 39.7 Å². The highest BCUT2D eigenvalue weighted by Crippen LogP contribution is 2.08. The summed E-state index contributed by atoms with van der Waals surface area (Å²) >= 11 is 0. The summed E-state index contributed by atoms with van der Waals surface area (Å²) in [5.74, 6) is 1.61. The summed E-state index contributed by atoms with van der Waals surface area (Å²) in [5.41, 5.74) is 2.60. The number of hydrogen-bond acceptors (Lipinski definition) is 2. The molecule has 0 saturated carbocycles. The molecule has 138 valence electrons. The van der Waals surface area contributed by atoms with E-state index in [2.05, 4.69) is 74.5 Å². The van der Waals surface area contributed by atoms with Gasteiger partial charge in [-0.25, -0.2) is 4.99 Å². The second-order valence-corrected chi connectivity index (χ2v) is 6.45. The fourth-order valence-corrected chi connectivity index (χ4v) is 2.24. The Morgan fingerprint density at radius 2 is 1.88 bits per heavy atom. The van der Waals surface area contributed by atoms with Crippen molar-refractivity contribution in [2.45, 2.75) is 47.2 Å². The molecule has 1 aromatic carbocycles. The molecule has 0 bridgehead atoms. The highest BCUT2D eigenvalue weighted by atomic mass is 127.